The molecule has 0 bridgehead atoms. The fraction of sp³-hybridized carbons (Fsp3) is 0.600. The van der Waals surface area contributed by atoms with Crippen LogP contribution in [0.2, 0.25) is 0 Å². The zero-order valence-electron chi connectivity index (χ0n) is 12.2. The zero-order valence-corrected chi connectivity index (χ0v) is 12.2. The minimum Gasteiger partial charge on any atom is -0.406 e. The van der Waals surface area contributed by atoms with Gasteiger partial charge in [0.2, 0.25) is 0 Å². The molecular weight excluding hydrogens is 299 g/mol. The van der Waals surface area contributed by atoms with E-state index in [4.69, 9.17) is 4.74 Å². The van der Waals surface area contributed by atoms with Gasteiger partial charge in [0.05, 0.1) is 6.61 Å². The van der Waals surface area contributed by atoms with Gasteiger partial charge in [0.25, 0.3) is 0 Å². The first kappa shape index (κ1) is 17.1. The smallest absolute Gasteiger partial charge is 0.406 e. The Morgan fingerprint density at radius 3 is 2.36 bits per heavy atom. The van der Waals surface area contributed by atoms with Gasteiger partial charge in [0, 0.05) is 31.7 Å². The summed E-state index contributed by atoms with van der Waals surface area (Å²) in [5, 5.41) is 12.8. The fourth-order valence-electron chi connectivity index (χ4n) is 2.48. The van der Waals surface area contributed by atoms with Crippen molar-refractivity contribution < 1.29 is 27.8 Å². The van der Waals surface area contributed by atoms with Crippen molar-refractivity contribution in [2.75, 3.05) is 26.4 Å². The van der Waals surface area contributed by atoms with Crippen molar-refractivity contribution >= 4 is 0 Å². The van der Waals surface area contributed by atoms with E-state index in [1.54, 1.807) is 12.1 Å². The lowest BCUT2D eigenvalue weighted by Crippen LogP contribution is -2.41. The fourth-order valence-corrected chi connectivity index (χ4v) is 2.48. The Bertz CT molecular complexity index is 456. The third-order valence-electron chi connectivity index (χ3n) is 3.87. The average Bonchev–Trinajstić information content (AvgIpc) is 2.48. The molecule has 2 rings (SSSR count). The van der Waals surface area contributed by atoms with Crippen molar-refractivity contribution in [2.45, 2.75) is 25.7 Å². The monoisotopic (exact) mass is 319 g/mol. The maximum atomic E-state index is 12.1. The Labute approximate surface area is 127 Å². The van der Waals surface area contributed by atoms with Gasteiger partial charge in [0.1, 0.15) is 5.75 Å². The van der Waals surface area contributed by atoms with Crippen LogP contribution in [0.4, 0.5) is 13.2 Å². The van der Waals surface area contributed by atoms with Crippen LogP contribution >= 0.6 is 0 Å². The van der Waals surface area contributed by atoms with Crippen LogP contribution in [0.3, 0.4) is 0 Å². The predicted octanol–water partition coefficient (Wildman–Crippen LogP) is 2.46. The van der Waals surface area contributed by atoms with Crippen molar-refractivity contribution in [3.05, 3.63) is 29.8 Å². The summed E-state index contributed by atoms with van der Waals surface area (Å²) < 4.78 is 45.3. The van der Waals surface area contributed by atoms with Crippen LogP contribution in [0.15, 0.2) is 24.3 Å². The SMILES string of the molecule is OCC1(CNCc2ccc(OC(F)(F)F)cc2)CCOCC1. The number of benzene rings is 1. The summed E-state index contributed by atoms with van der Waals surface area (Å²) in [7, 11) is 0. The van der Waals surface area contributed by atoms with E-state index in [-0.39, 0.29) is 17.8 Å². The number of ether oxygens (including phenoxy) is 2. The van der Waals surface area contributed by atoms with E-state index in [0.717, 1.165) is 18.4 Å². The second-order valence-corrected chi connectivity index (χ2v) is 5.57. The molecule has 1 aromatic rings. The minimum absolute atomic E-state index is 0.0989. The summed E-state index contributed by atoms with van der Waals surface area (Å²) in [6.07, 6.45) is -3.07. The first-order valence-corrected chi connectivity index (χ1v) is 7.17. The van der Waals surface area contributed by atoms with E-state index < -0.39 is 6.36 Å². The third kappa shape index (κ3) is 5.15. The second kappa shape index (κ2) is 7.30. The van der Waals surface area contributed by atoms with Gasteiger partial charge < -0.3 is 19.9 Å². The van der Waals surface area contributed by atoms with Crippen LogP contribution in [-0.4, -0.2) is 37.8 Å². The van der Waals surface area contributed by atoms with Gasteiger partial charge in [-0.25, -0.2) is 0 Å². The van der Waals surface area contributed by atoms with E-state index in [2.05, 4.69) is 10.1 Å². The van der Waals surface area contributed by atoms with Crippen molar-refractivity contribution in [2.24, 2.45) is 5.41 Å². The number of aliphatic hydroxyl groups excluding tert-OH is 1. The number of hydrogen-bond acceptors (Lipinski definition) is 4. The average molecular weight is 319 g/mol. The number of aliphatic hydroxyl groups is 1. The molecular formula is C15H20F3NO3. The molecule has 1 aliphatic heterocycles. The molecule has 0 aromatic heterocycles. The van der Waals surface area contributed by atoms with Gasteiger partial charge in [-0.3, -0.25) is 0 Å². The van der Waals surface area contributed by atoms with Gasteiger partial charge in [-0.15, -0.1) is 13.2 Å². The quantitative estimate of drug-likeness (QED) is 0.846. The van der Waals surface area contributed by atoms with Crippen molar-refractivity contribution in [3.8, 4) is 5.75 Å². The number of halogens is 3. The van der Waals surface area contributed by atoms with Crippen molar-refractivity contribution in [3.63, 3.8) is 0 Å². The normalized spacial score (nSPS) is 18.2. The molecule has 124 valence electrons. The van der Waals surface area contributed by atoms with Crippen LogP contribution < -0.4 is 10.1 Å². The highest BCUT2D eigenvalue weighted by molar-refractivity contribution is 5.27. The van der Waals surface area contributed by atoms with Crippen molar-refractivity contribution in [1.82, 2.24) is 5.32 Å². The highest BCUT2D eigenvalue weighted by Gasteiger charge is 2.32. The number of hydrogen-bond donors (Lipinski definition) is 2. The predicted molar refractivity (Wildman–Crippen MR) is 74.4 cm³/mol. The van der Waals surface area contributed by atoms with E-state index in [0.29, 0.717) is 26.3 Å². The molecule has 1 saturated heterocycles. The molecule has 22 heavy (non-hydrogen) atoms. The lowest BCUT2D eigenvalue weighted by atomic mass is 9.81. The Kier molecular flexibility index (Phi) is 5.66. The molecule has 0 saturated carbocycles. The lowest BCUT2D eigenvalue weighted by molar-refractivity contribution is -0.274. The molecule has 0 amide bonds. The molecule has 0 unspecified atom stereocenters. The molecule has 7 heteroatoms. The standard InChI is InChI=1S/C15H20F3NO3/c16-15(17,18)22-13-3-1-12(2-4-13)9-19-10-14(11-20)5-7-21-8-6-14/h1-4,19-20H,5-11H2. The van der Waals surface area contributed by atoms with Crippen LogP contribution in [0.1, 0.15) is 18.4 Å². The number of rotatable bonds is 6. The molecule has 1 heterocycles. The maximum Gasteiger partial charge on any atom is 0.573 e. The molecule has 0 radical (unpaired) electrons. The summed E-state index contributed by atoms with van der Waals surface area (Å²) in [6.45, 7) is 2.56. The Balaban J connectivity index is 1.81. The summed E-state index contributed by atoms with van der Waals surface area (Å²) in [4.78, 5) is 0. The van der Waals surface area contributed by atoms with Gasteiger partial charge in [-0.2, -0.15) is 0 Å². The molecule has 1 aromatic carbocycles. The number of alkyl halides is 3. The highest BCUT2D eigenvalue weighted by atomic mass is 19.4. The van der Waals surface area contributed by atoms with E-state index in [1.165, 1.54) is 12.1 Å². The zero-order chi connectivity index (χ0) is 16.1. The van der Waals surface area contributed by atoms with Gasteiger partial charge >= 0.3 is 6.36 Å². The molecule has 1 fully saturated rings. The Morgan fingerprint density at radius 1 is 1.18 bits per heavy atom. The van der Waals surface area contributed by atoms with E-state index in [9.17, 15) is 18.3 Å². The molecule has 1 aliphatic rings. The first-order chi connectivity index (χ1) is 10.4. The molecule has 0 atom stereocenters. The van der Waals surface area contributed by atoms with Crippen molar-refractivity contribution in [1.29, 1.82) is 0 Å². The van der Waals surface area contributed by atoms with Crippen LogP contribution in [0, 0.1) is 5.41 Å². The lowest BCUT2D eigenvalue weighted by Gasteiger charge is -2.35. The molecule has 4 nitrogen and oxygen atoms in total. The van der Waals surface area contributed by atoms with E-state index in [1.807, 2.05) is 0 Å². The van der Waals surface area contributed by atoms with E-state index >= 15 is 0 Å². The maximum absolute atomic E-state index is 12.1. The Hall–Kier alpha value is -1.31. The number of nitrogens with one attached hydrogen (secondary N) is 1. The summed E-state index contributed by atoms with van der Waals surface area (Å²) >= 11 is 0. The van der Waals surface area contributed by atoms with Crippen LogP contribution in [0.5, 0.6) is 5.75 Å². The largest absolute Gasteiger partial charge is 0.573 e. The highest BCUT2D eigenvalue weighted by Crippen LogP contribution is 2.29. The van der Waals surface area contributed by atoms with Crippen LogP contribution in [-0.2, 0) is 11.3 Å². The first-order valence-electron chi connectivity index (χ1n) is 7.17. The van der Waals surface area contributed by atoms with Gasteiger partial charge in [-0.1, -0.05) is 12.1 Å². The molecule has 0 spiro atoms. The summed E-state index contributed by atoms with van der Waals surface area (Å²) in [5.41, 5.74) is 0.687. The Morgan fingerprint density at radius 2 is 1.82 bits per heavy atom. The molecule has 2 N–H and O–H groups in total. The molecule has 0 aliphatic carbocycles. The topological polar surface area (TPSA) is 50.7 Å². The summed E-state index contributed by atoms with van der Waals surface area (Å²) in [6, 6.07) is 5.76. The summed E-state index contributed by atoms with van der Waals surface area (Å²) in [5.74, 6) is -0.229. The third-order valence-corrected chi connectivity index (χ3v) is 3.87. The minimum atomic E-state index is -4.67. The van der Waals surface area contributed by atoms with Crippen LogP contribution in [0.25, 0.3) is 0 Å². The van der Waals surface area contributed by atoms with Gasteiger partial charge in [-0.05, 0) is 30.5 Å². The second-order valence-electron chi connectivity index (χ2n) is 5.57. The van der Waals surface area contributed by atoms with Gasteiger partial charge in [0.15, 0.2) is 0 Å².